The highest BCUT2D eigenvalue weighted by atomic mass is 19.1. The Labute approximate surface area is 186 Å². The molecule has 3 aliphatic rings. The summed E-state index contributed by atoms with van der Waals surface area (Å²) < 4.78 is 25.7. The SMILES string of the molecule is CC1C=CC(OCC2CN(C(=O)c3cc4c(cc3F)OCC(=O)CN4)C2)=C/C1=C/C=C\N. The van der Waals surface area contributed by atoms with E-state index in [1.807, 2.05) is 18.2 Å². The van der Waals surface area contributed by atoms with Gasteiger partial charge in [0.25, 0.3) is 5.91 Å². The largest absolute Gasteiger partial charge is 0.493 e. The molecule has 7 nitrogen and oxygen atoms in total. The second-order valence-corrected chi connectivity index (χ2v) is 8.14. The summed E-state index contributed by atoms with van der Waals surface area (Å²) in [5.74, 6) is 0.262. The predicted molar refractivity (Wildman–Crippen MR) is 119 cm³/mol. The molecule has 1 aliphatic carbocycles. The molecule has 0 bridgehead atoms. The summed E-state index contributed by atoms with van der Waals surface area (Å²) in [6, 6.07) is 2.57. The van der Waals surface area contributed by atoms with Gasteiger partial charge in [0.05, 0.1) is 24.4 Å². The first-order valence-electron chi connectivity index (χ1n) is 10.6. The minimum absolute atomic E-state index is 0.0387. The van der Waals surface area contributed by atoms with Crippen LogP contribution in [0.25, 0.3) is 0 Å². The van der Waals surface area contributed by atoms with Crippen molar-refractivity contribution in [2.45, 2.75) is 6.92 Å². The second kappa shape index (κ2) is 9.30. The van der Waals surface area contributed by atoms with E-state index in [0.29, 0.717) is 25.4 Å². The maximum atomic E-state index is 14.5. The average molecular weight is 439 g/mol. The number of anilines is 1. The van der Waals surface area contributed by atoms with E-state index in [0.717, 1.165) is 17.4 Å². The first-order valence-corrected chi connectivity index (χ1v) is 10.6. The van der Waals surface area contributed by atoms with Crippen molar-refractivity contribution in [2.24, 2.45) is 17.6 Å². The second-order valence-electron chi connectivity index (χ2n) is 8.14. The van der Waals surface area contributed by atoms with Gasteiger partial charge in [-0.1, -0.05) is 19.1 Å². The lowest BCUT2D eigenvalue weighted by atomic mass is 9.95. The third-order valence-corrected chi connectivity index (χ3v) is 5.68. The zero-order valence-corrected chi connectivity index (χ0v) is 17.8. The number of nitrogens with zero attached hydrogens (tertiary/aromatic N) is 1. The maximum absolute atomic E-state index is 14.5. The molecule has 0 saturated carbocycles. The number of fused-ring (bicyclic) bond motifs is 1. The molecule has 1 unspecified atom stereocenters. The van der Waals surface area contributed by atoms with Crippen molar-refractivity contribution in [3.05, 3.63) is 71.4 Å². The standard InChI is InChI=1S/C24H26FN3O4/c1-15-4-5-19(7-17(15)3-2-6-26)31-13-16-11-28(12-16)24(30)20-8-22-23(9-21(20)25)32-14-18(29)10-27-22/h2-9,15-16,27H,10-14,26H2,1H3/b6-2-,17-3-. The Morgan fingerprint density at radius 3 is 3.00 bits per heavy atom. The number of amides is 1. The number of nitrogens with one attached hydrogen (secondary N) is 1. The van der Waals surface area contributed by atoms with Crippen molar-refractivity contribution in [2.75, 3.05) is 38.2 Å². The van der Waals surface area contributed by atoms with E-state index >= 15 is 0 Å². The lowest BCUT2D eigenvalue weighted by Gasteiger charge is -2.39. The number of allylic oxidation sites excluding steroid dienone is 6. The van der Waals surface area contributed by atoms with Crippen molar-refractivity contribution in [1.29, 1.82) is 0 Å². The number of nitrogens with two attached hydrogens (primary N) is 1. The van der Waals surface area contributed by atoms with Crippen LogP contribution in [0.4, 0.5) is 10.1 Å². The molecular weight excluding hydrogens is 413 g/mol. The van der Waals surface area contributed by atoms with Gasteiger partial charge in [-0.3, -0.25) is 9.59 Å². The van der Waals surface area contributed by atoms with Gasteiger partial charge < -0.3 is 25.4 Å². The Hall–Kier alpha value is -3.55. The average Bonchev–Trinajstić information content (AvgIpc) is 2.93. The third-order valence-electron chi connectivity index (χ3n) is 5.68. The summed E-state index contributed by atoms with van der Waals surface area (Å²) in [5, 5.41) is 2.90. The summed E-state index contributed by atoms with van der Waals surface area (Å²) >= 11 is 0. The molecular formula is C24H26FN3O4. The number of halogens is 1. The van der Waals surface area contributed by atoms with Gasteiger partial charge in [0.2, 0.25) is 0 Å². The number of likely N-dealkylation sites (tertiary alicyclic amines) is 1. The van der Waals surface area contributed by atoms with E-state index in [1.165, 1.54) is 12.3 Å². The van der Waals surface area contributed by atoms with Crippen LogP contribution in [0.3, 0.4) is 0 Å². The number of carbonyl (C=O) groups is 2. The van der Waals surface area contributed by atoms with Crippen LogP contribution in [0, 0.1) is 17.7 Å². The van der Waals surface area contributed by atoms with E-state index < -0.39 is 5.82 Å². The summed E-state index contributed by atoms with van der Waals surface area (Å²) in [6.07, 6.45) is 11.2. The van der Waals surface area contributed by atoms with Crippen molar-refractivity contribution in [1.82, 2.24) is 4.90 Å². The van der Waals surface area contributed by atoms with Crippen molar-refractivity contribution in [3.63, 3.8) is 0 Å². The molecule has 2 aliphatic heterocycles. The highest BCUT2D eigenvalue weighted by Crippen LogP contribution is 2.31. The molecule has 1 aromatic carbocycles. The molecule has 0 aromatic heterocycles. The fraction of sp³-hybridized carbons (Fsp3) is 0.333. The number of ether oxygens (including phenoxy) is 2. The van der Waals surface area contributed by atoms with Crippen LogP contribution in [0.2, 0.25) is 0 Å². The Balaban J connectivity index is 1.33. The van der Waals surface area contributed by atoms with Gasteiger partial charge in [0.1, 0.15) is 23.9 Å². The Morgan fingerprint density at radius 2 is 2.22 bits per heavy atom. The van der Waals surface area contributed by atoms with Gasteiger partial charge in [-0.2, -0.15) is 0 Å². The molecule has 1 atom stereocenters. The third kappa shape index (κ3) is 4.69. The zero-order valence-electron chi connectivity index (χ0n) is 17.8. The topological polar surface area (TPSA) is 93.9 Å². The van der Waals surface area contributed by atoms with E-state index in [-0.39, 0.29) is 48.0 Å². The lowest BCUT2D eigenvalue weighted by molar-refractivity contribution is -0.119. The molecule has 2 heterocycles. The van der Waals surface area contributed by atoms with Crippen molar-refractivity contribution < 1.29 is 23.5 Å². The fourth-order valence-electron chi connectivity index (χ4n) is 3.76. The summed E-state index contributed by atoms with van der Waals surface area (Å²) in [6.45, 7) is 3.51. The summed E-state index contributed by atoms with van der Waals surface area (Å²) in [7, 11) is 0. The van der Waals surface area contributed by atoms with Crippen LogP contribution in [-0.4, -0.2) is 49.4 Å². The molecule has 3 N–H and O–H groups in total. The monoisotopic (exact) mass is 439 g/mol. The van der Waals surface area contributed by atoms with Gasteiger partial charge in [0.15, 0.2) is 5.78 Å². The van der Waals surface area contributed by atoms with Crippen molar-refractivity contribution >= 4 is 17.4 Å². The Bertz CT molecular complexity index is 1040. The number of rotatable bonds is 5. The predicted octanol–water partition coefficient (Wildman–Crippen LogP) is 2.78. The van der Waals surface area contributed by atoms with Crippen LogP contribution >= 0.6 is 0 Å². The first kappa shape index (κ1) is 21.7. The summed E-state index contributed by atoms with van der Waals surface area (Å²) in [4.78, 5) is 25.9. The molecule has 1 saturated heterocycles. The molecule has 1 amide bonds. The van der Waals surface area contributed by atoms with E-state index in [1.54, 1.807) is 11.0 Å². The smallest absolute Gasteiger partial charge is 0.256 e. The number of ketones is 1. The van der Waals surface area contributed by atoms with Gasteiger partial charge in [-0.25, -0.2) is 4.39 Å². The van der Waals surface area contributed by atoms with Gasteiger partial charge in [-0.05, 0) is 42.0 Å². The molecule has 168 valence electrons. The quantitative estimate of drug-likeness (QED) is 0.733. The molecule has 1 aromatic rings. The van der Waals surface area contributed by atoms with Crippen molar-refractivity contribution in [3.8, 4) is 5.75 Å². The Morgan fingerprint density at radius 1 is 1.41 bits per heavy atom. The van der Waals surface area contributed by atoms with Crippen LogP contribution in [-0.2, 0) is 9.53 Å². The van der Waals surface area contributed by atoms with Gasteiger partial charge in [0, 0.05) is 25.1 Å². The fourth-order valence-corrected chi connectivity index (χ4v) is 3.76. The minimum Gasteiger partial charge on any atom is -0.493 e. The normalized spacial score (nSPS) is 22.0. The maximum Gasteiger partial charge on any atom is 0.256 e. The van der Waals surface area contributed by atoms with E-state index in [9.17, 15) is 14.0 Å². The molecule has 0 spiro atoms. The molecule has 0 radical (unpaired) electrons. The number of hydrogen-bond donors (Lipinski definition) is 2. The minimum atomic E-state index is -0.665. The van der Waals surface area contributed by atoms with E-state index in [2.05, 4.69) is 18.3 Å². The van der Waals surface area contributed by atoms with Gasteiger partial charge in [-0.15, -0.1) is 0 Å². The first-order chi connectivity index (χ1) is 15.4. The number of Topliss-reactive ketones (excluding diaryl/α,β-unsaturated/α-hetero) is 1. The van der Waals surface area contributed by atoms with Gasteiger partial charge >= 0.3 is 0 Å². The lowest BCUT2D eigenvalue weighted by Crippen LogP contribution is -2.51. The van der Waals surface area contributed by atoms with Crippen LogP contribution in [0.5, 0.6) is 5.75 Å². The molecule has 4 rings (SSSR count). The molecule has 1 fully saturated rings. The highest BCUT2D eigenvalue weighted by molar-refractivity contribution is 5.97. The number of benzene rings is 1. The van der Waals surface area contributed by atoms with Crippen LogP contribution in [0.1, 0.15) is 17.3 Å². The van der Waals surface area contributed by atoms with E-state index in [4.69, 9.17) is 15.2 Å². The molecule has 32 heavy (non-hydrogen) atoms. The van der Waals surface area contributed by atoms with Crippen LogP contribution in [0.15, 0.2) is 60.0 Å². The van der Waals surface area contributed by atoms with Crippen LogP contribution < -0.4 is 15.8 Å². The highest BCUT2D eigenvalue weighted by Gasteiger charge is 2.33. The zero-order chi connectivity index (χ0) is 22.7. The number of carbonyl (C=O) groups excluding carboxylic acids is 2. The Kier molecular flexibility index (Phi) is 6.30. The summed E-state index contributed by atoms with van der Waals surface area (Å²) in [5.41, 5.74) is 6.92. The number of hydrogen-bond acceptors (Lipinski definition) is 6. The molecule has 8 heteroatoms.